The molecule has 2 aromatic carbocycles. The molecule has 2 heterocycles. The fourth-order valence-electron chi connectivity index (χ4n) is 3.28. The van der Waals surface area contributed by atoms with E-state index in [1.54, 1.807) is 25.1 Å². The van der Waals surface area contributed by atoms with Gasteiger partial charge in [0.2, 0.25) is 23.2 Å². The minimum Gasteiger partial charge on any atom is -0.447 e. The number of rotatable bonds is 4. The van der Waals surface area contributed by atoms with Crippen LogP contribution in [0, 0.1) is 11.6 Å². The number of carbonyl (C=O) groups is 1. The first kappa shape index (κ1) is 21.5. The molecule has 0 radical (unpaired) electrons. The zero-order valence-electron chi connectivity index (χ0n) is 16.6. The summed E-state index contributed by atoms with van der Waals surface area (Å²) < 4.78 is 34.9. The number of hydrogen-bond donors (Lipinski definition) is 0. The van der Waals surface area contributed by atoms with Gasteiger partial charge in [0.05, 0.1) is 11.3 Å². The van der Waals surface area contributed by atoms with Gasteiger partial charge >= 0.3 is 0 Å². The molecule has 0 fully saturated rings. The van der Waals surface area contributed by atoms with Crippen molar-refractivity contribution >= 4 is 35.0 Å². The molecule has 6 nitrogen and oxygen atoms in total. The molecule has 10 heteroatoms. The van der Waals surface area contributed by atoms with Crippen molar-refractivity contribution in [1.82, 2.24) is 15.2 Å². The Labute approximate surface area is 186 Å². The number of carbonyl (C=O) groups excluding carboxylic acids is 1. The van der Waals surface area contributed by atoms with E-state index in [1.165, 1.54) is 28.8 Å². The van der Waals surface area contributed by atoms with E-state index < -0.39 is 17.9 Å². The number of aromatic nitrogens is 3. The van der Waals surface area contributed by atoms with Gasteiger partial charge in [-0.05, 0) is 30.0 Å². The van der Waals surface area contributed by atoms with Gasteiger partial charge < -0.3 is 4.74 Å². The van der Waals surface area contributed by atoms with E-state index in [0.717, 1.165) is 6.07 Å². The highest BCUT2D eigenvalue weighted by Crippen LogP contribution is 2.45. The van der Waals surface area contributed by atoms with Crippen molar-refractivity contribution < 1.29 is 18.3 Å². The quantitative estimate of drug-likeness (QED) is 0.482. The molecule has 1 aliphatic heterocycles. The highest BCUT2D eigenvalue weighted by molar-refractivity contribution is 7.99. The van der Waals surface area contributed by atoms with E-state index in [9.17, 15) is 13.6 Å². The number of thioether (sulfide) groups is 1. The largest absolute Gasteiger partial charge is 0.447 e. The standard InChI is InChI=1S/C21H17ClF2N4O2S/c1-3-16(29)28-15-9-8-11(22)10-13(15)18-19(25-21(27-26-18)31-4-2)30-20(28)12-6-5-7-14(23)17(12)24/h5-10,20H,3-4H2,1-2H3/t20-/m0/s1. The van der Waals surface area contributed by atoms with E-state index in [2.05, 4.69) is 15.2 Å². The molecule has 0 bridgehead atoms. The zero-order chi connectivity index (χ0) is 22.1. The van der Waals surface area contributed by atoms with Gasteiger partial charge in [-0.25, -0.2) is 8.78 Å². The predicted molar refractivity (Wildman–Crippen MR) is 114 cm³/mol. The van der Waals surface area contributed by atoms with Crippen molar-refractivity contribution in [1.29, 1.82) is 0 Å². The van der Waals surface area contributed by atoms with Crippen LogP contribution in [0.15, 0.2) is 41.6 Å². The maximum atomic E-state index is 14.8. The number of amides is 1. The van der Waals surface area contributed by atoms with Gasteiger partial charge in [-0.15, -0.1) is 10.2 Å². The highest BCUT2D eigenvalue weighted by atomic mass is 35.5. The lowest BCUT2D eigenvalue weighted by Gasteiger charge is -2.30. The maximum Gasteiger partial charge on any atom is 0.247 e. The monoisotopic (exact) mass is 462 g/mol. The van der Waals surface area contributed by atoms with Gasteiger partial charge in [0.25, 0.3) is 0 Å². The van der Waals surface area contributed by atoms with Crippen molar-refractivity contribution in [2.24, 2.45) is 0 Å². The molecule has 0 N–H and O–H groups in total. The van der Waals surface area contributed by atoms with Crippen LogP contribution in [0.4, 0.5) is 14.5 Å². The van der Waals surface area contributed by atoms with Gasteiger partial charge in [0, 0.05) is 17.0 Å². The average molecular weight is 463 g/mol. The summed E-state index contributed by atoms with van der Waals surface area (Å²) in [5.74, 6) is -1.76. The number of anilines is 1. The Hall–Kier alpha value is -2.78. The molecular formula is C21H17ClF2N4O2S. The zero-order valence-corrected chi connectivity index (χ0v) is 18.2. The first-order valence-electron chi connectivity index (χ1n) is 9.54. The summed E-state index contributed by atoms with van der Waals surface area (Å²) in [4.78, 5) is 18.7. The summed E-state index contributed by atoms with van der Waals surface area (Å²) in [5.41, 5.74) is 0.956. The van der Waals surface area contributed by atoms with E-state index in [4.69, 9.17) is 16.3 Å². The van der Waals surface area contributed by atoms with Gasteiger partial charge in [-0.1, -0.05) is 49.3 Å². The molecule has 1 aliphatic rings. The normalized spacial score (nSPS) is 15.0. The Morgan fingerprint density at radius 3 is 2.77 bits per heavy atom. The fourth-order valence-corrected chi connectivity index (χ4v) is 3.96. The van der Waals surface area contributed by atoms with Crippen LogP contribution in [-0.2, 0) is 4.79 Å². The predicted octanol–water partition coefficient (Wildman–Crippen LogP) is 5.42. The van der Waals surface area contributed by atoms with Crippen molar-refractivity contribution in [2.75, 3.05) is 10.7 Å². The van der Waals surface area contributed by atoms with Gasteiger partial charge in [-0.3, -0.25) is 9.69 Å². The maximum absolute atomic E-state index is 14.8. The van der Waals surface area contributed by atoms with Crippen molar-refractivity contribution in [3.63, 3.8) is 0 Å². The summed E-state index contributed by atoms with van der Waals surface area (Å²) in [6, 6.07) is 8.56. The van der Waals surface area contributed by atoms with Gasteiger partial charge in [0.1, 0.15) is 0 Å². The molecule has 0 saturated carbocycles. The lowest BCUT2D eigenvalue weighted by Crippen LogP contribution is -2.37. The Morgan fingerprint density at radius 2 is 2.03 bits per heavy atom. The first-order valence-corrected chi connectivity index (χ1v) is 10.9. The van der Waals surface area contributed by atoms with Crippen LogP contribution >= 0.6 is 23.4 Å². The molecule has 1 atom stereocenters. The second-order valence-corrected chi connectivity index (χ2v) is 8.24. The van der Waals surface area contributed by atoms with Crippen LogP contribution in [0.1, 0.15) is 32.1 Å². The summed E-state index contributed by atoms with van der Waals surface area (Å²) in [6.45, 7) is 3.60. The molecular weight excluding hydrogens is 446 g/mol. The highest BCUT2D eigenvalue weighted by Gasteiger charge is 2.37. The van der Waals surface area contributed by atoms with Gasteiger partial charge in [0.15, 0.2) is 17.3 Å². The molecule has 1 aromatic heterocycles. The van der Waals surface area contributed by atoms with E-state index in [1.807, 2.05) is 6.92 Å². The summed E-state index contributed by atoms with van der Waals surface area (Å²) in [7, 11) is 0. The second-order valence-electron chi connectivity index (χ2n) is 6.57. The molecule has 31 heavy (non-hydrogen) atoms. The number of hydrogen-bond acceptors (Lipinski definition) is 6. The third kappa shape index (κ3) is 3.95. The fraction of sp³-hybridized carbons (Fsp3) is 0.238. The number of ether oxygens (including phenoxy) is 1. The molecule has 4 rings (SSSR count). The smallest absolute Gasteiger partial charge is 0.247 e. The summed E-state index contributed by atoms with van der Waals surface area (Å²) in [5, 5.41) is 9.12. The third-order valence-corrected chi connectivity index (χ3v) is 5.61. The first-order chi connectivity index (χ1) is 14.9. The molecule has 3 aromatic rings. The molecule has 0 unspecified atom stereocenters. The Balaban J connectivity index is 2.01. The van der Waals surface area contributed by atoms with Crippen LogP contribution in [0.5, 0.6) is 5.88 Å². The van der Waals surface area contributed by atoms with Crippen LogP contribution in [-0.4, -0.2) is 26.8 Å². The molecule has 0 spiro atoms. The Kier molecular flexibility index (Phi) is 6.06. The number of halogens is 3. The van der Waals surface area contributed by atoms with Crippen molar-refractivity contribution in [3.8, 4) is 17.1 Å². The second kappa shape index (κ2) is 8.76. The third-order valence-electron chi connectivity index (χ3n) is 4.66. The SMILES string of the molecule is CCSc1nnc2c(n1)O[C@@H](c1cccc(F)c1F)N(C(=O)CC)c1ccc(Cl)cc1-2. The van der Waals surface area contributed by atoms with E-state index in [0.29, 0.717) is 27.2 Å². The minimum atomic E-state index is -1.31. The van der Waals surface area contributed by atoms with E-state index in [-0.39, 0.29) is 29.5 Å². The number of benzene rings is 2. The summed E-state index contributed by atoms with van der Waals surface area (Å²) in [6.07, 6.45) is -1.20. The lowest BCUT2D eigenvalue weighted by molar-refractivity contribution is -0.120. The Bertz CT molecular complexity index is 1160. The van der Waals surface area contributed by atoms with Crippen LogP contribution in [0.25, 0.3) is 11.3 Å². The minimum absolute atomic E-state index is 0.0505. The van der Waals surface area contributed by atoms with E-state index >= 15 is 0 Å². The molecule has 0 saturated heterocycles. The lowest BCUT2D eigenvalue weighted by atomic mass is 10.1. The summed E-state index contributed by atoms with van der Waals surface area (Å²) >= 11 is 7.56. The molecule has 160 valence electrons. The van der Waals surface area contributed by atoms with Gasteiger partial charge in [-0.2, -0.15) is 4.98 Å². The van der Waals surface area contributed by atoms with Crippen LogP contribution in [0.2, 0.25) is 5.02 Å². The van der Waals surface area contributed by atoms with Crippen LogP contribution < -0.4 is 9.64 Å². The average Bonchev–Trinajstić information content (AvgIpc) is 2.89. The van der Waals surface area contributed by atoms with Crippen molar-refractivity contribution in [3.05, 3.63) is 58.6 Å². The topological polar surface area (TPSA) is 68.2 Å². The molecule has 1 amide bonds. The van der Waals surface area contributed by atoms with Crippen LogP contribution in [0.3, 0.4) is 0 Å². The Morgan fingerprint density at radius 1 is 1.23 bits per heavy atom. The number of fused-ring (bicyclic) bond motifs is 3. The molecule has 0 aliphatic carbocycles. The number of nitrogens with zero attached hydrogens (tertiary/aromatic N) is 4. The van der Waals surface area contributed by atoms with Crippen molar-refractivity contribution in [2.45, 2.75) is 31.7 Å².